The van der Waals surface area contributed by atoms with E-state index in [0.717, 1.165) is 41.9 Å². The van der Waals surface area contributed by atoms with Gasteiger partial charge in [-0.1, -0.05) is 41.0 Å². The number of para-hydroxylation sites is 2. The lowest BCUT2D eigenvalue weighted by atomic mass is 10.2. The molecule has 10 heteroatoms. The van der Waals surface area contributed by atoms with Crippen LogP contribution in [0.3, 0.4) is 0 Å². The molecule has 0 aliphatic heterocycles. The predicted molar refractivity (Wildman–Crippen MR) is 137 cm³/mol. The van der Waals surface area contributed by atoms with Gasteiger partial charge in [0, 0.05) is 30.7 Å². The van der Waals surface area contributed by atoms with Crippen molar-refractivity contribution in [3.8, 4) is 11.4 Å². The molecule has 0 aliphatic carbocycles. The second kappa shape index (κ2) is 11.3. The van der Waals surface area contributed by atoms with Crippen LogP contribution < -0.4 is 10.6 Å². The molecule has 2 aromatic heterocycles. The maximum Gasteiger partial charge on any atom is 0.246 e. The van der Waals surface area contributed by atoms with Crippen molar-refractivity contribution >= 4 is 52.6 Å². The lowest BCUT2D eigenvalue weighted by Crippen LogP contribution is -2.37. The van der Waals surface area contributed by atoms with E-state index in [2.05, 4.69) is 41.4 Å². The zero-order chi connectivity index (χ0) is 21.6. The number of imidazole rings is 1. The van der Waals surface area contributed by atoms with Crippen LogP contribution in [0.4, 0.5) is 0 Å². The summed E-state index contributed by atoms with van der Waals surface area (Å²) < 4.78 is 7.56. The van der Waals surface area contributed by atoms with Crippen molar-refractivity contribution in [2.24, 2.45) is 4.99 Å². The summed E-state index contributed by atoms with van der Waals surface area (Å²) in [6.07, 6.45) is 0.932. The number of benzene rings is 2. The fraction of sp³-hybridized carbons (Fsp3) is 0.273. The largest absolute Gasteiger partial charge is 0.356 e. The molecule has 0 fully saturated rings. The Bertz CT molecular complexity index is 1200. The van der Waals surface area contributed by atoms with Crippen LogP contribution in [-0.2, 0) is 13.1 Å². The molecule has 2 aromatic carbocycles. The van der Waals surface area contributed by atoms with Crippen LogP contribution in [0.5, 0.6) is 0 Å². The Labute approximate surface area is 208 Å². The zero-order valence-corrected chi connectivity index (χ0v) is 21.0. The molecule has 0 aliphatic rings. The lowest BCUT2D eigenvalue weighted by molar-refractivity contribution is 0.375. The van der Waals surface area contributed by atoms with E-state index < -0.39 is 0 Å². The summed E-state index contributed by atoms with van der Waals surface area (Å²) >= 11 is 6.03. The highest BCUT2D eigenvalue weighted by Crippen LogP contribution is 2.20. The third kappa shape index (κ3) is 5.77. The maximum atomic E-state index is 6.03. The van der Waals surface area contributed by atoms with Crippen LogP contribution in [0.15, 0.2) is 58.0 Å². The molecule has 4 aromatic rings. The molecular weight excluding hydrogens is 541 g/mol. The fourth-order valence-corrected chi connectivity index (χ4v) is 3.56. The van der Waals surface area contributed by atoms with E-state index in [-0.39, 0.29) is 24.0 Å². The normalized spacial score (nSPS) is 11.4. The minimum absolute atomic E-state index is 0. The summed E-state index contributed by atoms with van der Waals surface area (Å²) in [6, 6.07) is 15.5. The first-order chi connectivity index (χ1) is 15.1. The molecular formula is C22H25ClIN7O. The van der Waals surface area contributed by atoms with Crippen molar-refractivity contribution in [2.75, 3.05) is 13.6 Å². The van der Waals surface area contributed by atoms with Crippen LogP contribution in [0.1, 0.15) is 18.1 Å². The van der Waals surface area contributed by atoms with E-state index in [0.29, 0.717) is 29.2 Å². The van der Waals surface area contributed by atoms with E-state index in [1.807, 2.05) is 37.3 Å². The van der Waals surface area contributed by atoms with E-state index in [1.54, 1.807) is 19.2 Å². The molecule has 0 saturated heterocycles. The number of aromatic nitrogens is 4. The Morgan fingerprint density at radius 2 is 1.97 bits per heavy atom. The number of nitrogens with zero attached hydrogens (tertiary/aromatic N) is 5. The number of aliphatic imine (C=N–C) groups is 1. The third-order valence-electron chi connectivity index (χ3n) is 4.88. The molecule has 0 saturated carbocycles. The van der Waals surface area contributed by atoms with Gasteiger partial charge in [0.25, 0.3) is 0 Å². The first-order valence-corrected chi connectivity index (χ1v) is 10.5. The van der Waals surface area contributed by atoms with Crippen molar-refractivity contribution in [1.82, 2.24) is 30.3 Å². The molecule has 4 rings (SSSR count). The molecule has 0 unspecified atom stereocenters. The Morgan fingerprint density at radius 1 is 1.12 bits per heavy atom. The molecule has 8 nitrogen and oxygen atoms in total. The van der Waals surface area contributed by atoms with Crippen LogP contribution in [-0.4, -0.2) is 39.2 Å². The van der Waals surface area contributed by atoms with Gasteiger partial charge in [-0.25, -0.2) is 4.98 Å². The topological polar surface area (TPSA) is 93.2 Å². The molecule has 0 radical (unpaired) electrons. The minimum Gasteiger partial charge on any atom is -0.356 e. The number of hydrogen-bond acceptors (Lipinski definition) is 5. The molecule has 0 atom stereocenters. The van der Waals surface area contributed by atoms with Crippen molar-refractivity contribution < 1.29 is 4.52 Å². The first-order valence-electron chi connectivity index (χ1n) is 10.1. The number of fused-ring (bicyclic) bond motifs is 1. The van der Waals surface area contributed by atoms with Crippen LogP contribution in [0.2, 0.25) is 5.02 Å². The highest BCUT2D eigenvalue weighted by Gasteiger charge is 2.10. The van der Waals surface area contributed by atoms with Gasteiger partial charge in [0.05, 0.1) is 17.6 Å². The molecule has 2 heterocycles. The number of rotatable bonds is 7. The highest BCUT2D eigenvalue weighted by atomic mass is 127. The molecule has 168 valence electrons. The Hall–Kier alpha value is -2.66. The van der Waals surface area contributed by atoms with Crippen LogP contribution in [0.25, 0.3) is 22.4 Å². The van der Waals surface area contributed by atoms with E-state index in [9.17, 15) is 0 Å². The van der Waals surface area contributed by atoms with Crippen LogP contribution in [0, 0.1) is 6.92 Å². The second-order valence-corrected chi connectivity index (χ2v) is 7.46. The Kier molecular flexibility index (Phi) is 8.46. The number of nitrogens with one attached hydrogen (secondary N) is 2. The Balaban J connectivity index is 0.00000289. The fourth-order valence-electron chi connectivity index (χ4n) is 3.37. The minimum atomic E-state index is 0. The van der Waals surface area contributed by atoms with Gasteiger partial charge in [-0.05, 0) is 37.6 Å². The predicted octanol–water partition coefficient (Wildman–Crippen LogP) is 4.42. The molecule has 0 amide bonds. The van der Waals surface area contributed by atoms with Gasteiger partial charge in [0.15, 0.2) is 5.96 Å². The summed E-state index contributed by atoms with van der Waals surface area (Å²) in [7, 11) is 1.73. The van der Waals surface area contributed by atoms with Crippen molar-refractivity contribution in [3.63, 3.8) is 0 Å². The van der Waals surface area contributed by atoms with Crippen LogP contribution >= 0.6 is 35.6 Å². The van der Waals surface area contributed by atoms with Gasteiger partial charge in [-0.15, -0.1) is 24.0 Å². The first kappa shape index (κ1) is 24.0. The molecule has 2 N–H and O–H groups in total. The average molecular weight is 566 g/mol. The second-order valence-electron chi connectivity index (χ2n) is 7.03. The summed E-state index contributed by atoms with van der Waals surface area (Å²) in [5, 5.41) is 11.2. The zero-order valence-electron chi connectivity index (χ0n) is 17.9. The summed E-state index contributed by atoms with van der Waals surface area (Å²) in [5.74, 6) is 2.67. The van der Waals surface area contributed by atoms with Gasteiger partial charge in [-0.3, -0.25) is 4.99 Å². The average Bonchev–Trinajstić information content (AvgIpc) is 3.37. The smallest absolute Gasteiger partial charge is 0.246 e. The van der Waals surface area contributed by atoms with E-state index in [4.69, 9.17) is 16.1 Å². The molecule has 32 heavy (non-hydrogen) atoms. The third-order valence-corrected chi connectivity index (χ3v) is 5.11. The monoisotopic (exact) mass is 565 g/mol. The lowest BCUT2D eigenvalue weighted by Gasteiger charge is -2.11. The van der Waals surface area contributed by atoms with Gasteiger partial charge in [0.2, 0.25) is 11.7 Å². The van der Waals surface area contributed by atoms with E-state index in [1.165, 1.54) is 0 Å². The van der Waals surface area contributed by atoms with E-state index >= 15 is 0 Å². The Morgan fingerprint density at radius 3 is 2.78 bits per heavy atom. The number of halogens is 2. The summed E-state index contributed by atoms with van der Waals surface area (Å²) in [6.45, 7) is 4.06. The van der Waals surface area contributed by atoms with Crippen molar-refractivity contribution in [3.05, 3.63) is 65.3 Å². The van der Waals surface area contributed by atoms with Gasteiger partial charge in [-0.2, -0.15) is 4.98 Å². The van der Waals surface area contributed by atoms with Crippen molar-refractivity contribution in [1.29, 1.82) is 0 Å². The number of aryl methyl sites for hydroxylation is 2. The van der Waals surface area contributed by atoms with Gasteiger partial charge >= 0.3 is 0 Å². The highest BCUT2D eigenvalue weighted by molar-refractivity contribution is 14.0. The molecule has 0 spiro atoms. The molecule has 0 bridgehead atoms. The van der Waals surface area contributed by atoms with Crippen molar-refractivity contribution in [2.45, 2.75) is 26.4 Å². The quantitative estimate of drug-likeness (QED) is 0.149. The standard InChI is InChI=1S/C22H24ClN7O.HI/c1-15-27-18-9-3-4-10-19(18)30(15)12-6-11-25-22(24-2)26-14-20-28-21(29-31-20)16-7-5-8-17(23)13-16;/h3-5,7-10,13H,6,11-12,14H2,1-2H3,(H2,24,25,26);1H. The number of hydrogen-bond donors (Lipinski definition) is 2. The van der Waals surface area contributed by atoms with Gasteiger partial charge in [0.1, 0.15) is 5.82 Å². The van der Waals surface area contributed by atoms with Gasteiger partial charge < -0.3 is 19.7 Å². The summed E-state index contributed by atoms with van der Waals surface area (Å²) in [4.78, 5) is 13.3. The maximum absolute atomic E-state index is 6.03. The summed E-state index contributed by atoms with van der Waals surface area (Å²) in [5.41, 5.74) is 3.00. The SMILES string of the molecule is CN=C(NCCCn1c(C)nc2ccccc21)NCc1nc(-c2cccc(Cl)c2)no1.I. The number of guanidine groups is 1.